The quantitative estimate of drug-likeness (QED) is 0.311. The SMILES string of the molecule is CCOP(=O)(C/C(CC)=N/O)OCC. The first-order valence-corrected chi connectivity index (χ1v) is 6.42. The van der Waals surface area contributed by atoms with Gasteiger partial charge in [-0.25, -0.2) is 0 Å². The predicted octanol–water partition coefficient (Wildman–Crippen LogP) is 2.49. The molecule has 6 heteroatoms. The van der Waals surface area contributed by atoms with E-state index < -0.39 is 7.60 Å². The average molecular weight is 223 g/mol. The van der Waals surface area contributed by atoms with Crippen LogP contribution in [0.1, 0.15) is 27.2 Å². The van der Waals surface area contributed by atoms with Gasteiger partial charge in [-0.2, -0.15) is 0 Å². The Morgan fingerprint density at radius 3 is 2.07 bits per heavy atom. The summed E-state index contributed by atoms with van der Waals surface area (Å²) in [5.41, 5.74) is 0.426. The van der Waals surface area contributed by atoms with Crippen molar-refractivity contribution in [2.24, 2.45) is 5.16 Å². The Hall–Kier alpha value is -0.380. The van der Waals surface area contributed by atoms with Crippen LogP contribution in [-0.2, 0) is 13.6 Å². The van der Waals surface area contributed by atoms with Gasteiger partial charge in [0.25, 0.3) is 0 Å². The zero-order valence-corrected chi connectivity index (χ0v) is 9.79. The summed E-state index contributed by atoms with van der Waals surface area (Å²) in [6.45, 7) is 5.94. The van der Waals surface area contributed by atoms with E-state index in [1.54, 1.807) is 13.8 Å². The lowest BCUT2D eigenvalue weighted by Crippen LogP contribution is -2.09. The molecule has 84 valence electrons. The fourth-order valence-electron chi connectivity index (χ4n) is 0.960. The first kappa shape index (κ1) is 13.6. The van der Waals surface area contributed by atoms with Gasteiger partial charge in [0, 0.05) is 0 Å². The third-order valence-corrected chi connectivity index (χ3v) is 3.63. The van der Waals surface area contributed by atoms with Crippen molar-refractivity contribution in [1.82, 2.24) is 0 Å². The van der Waals surface area contributed by atoms with Crippen LogP contribution in [0.4, 0.5) is 0 Å². The van der Waals surface area contributed by atoms with Crippen LogP contribution in [0.15, 0.2) is 5.16 Å². The molecule has 0 unspecified atom stereocenters. The van der Waals surface area contributed by atoms with E-state index in [0.717, 1.165) is 0 Å². The highest BCUT2D eigenvalue weighted by Crippen LogP contribution is 2.48. The molecule has 0 aromatic carbocycles. The summed E-state index contributed by atoms with van der Waals surface area (Å²) in [6.07, 6.45) is 0.586. The zero-order chi connectivity index (χ0) is 11.0. The minimum absolute atomic E-state index is 0.0572. The first-order valence-electron chi connectivity index (χ1n) is 4.69. The zero-order valence-electron chi connectivity index (χ0n) is 8.89. The molecule has 0 aromatic rings. The third-order valence-electron chi connectivity index (χ3n) is 1.58. The van der Waals surface area contributed by atoms with Gasteiger partial charge in [-0.05, 0) is 20.3 Å². The maximum atomic E-state index is 11.9. The minimum Gasteiger partial charge on any atom is -0.411 e. The average Bonchev–Trinajstić information content (AvgIpc) is 2.15. The second-order valence-electron chi connectivity index (χ2n) is 2.62. The molecule has 0 saturated carbocycles. The molecule has 0 fully saturated rings. The molecular weight excluding hydrogens is 205 g/mol. The molecule has 5 nitrogen and oxygen atoms in total. The lowest BCUT2D eigenvalue weighted by atomic mass is 10.3. The van der Waals surface area contributed by atoms with Gasteiger partial charge in [0.2, 0.25) is 0 Å². The molecule has 1 N–H and O–H groups in total. The molecule has 0 bridgehead atoms. The molecule has 0 spiro atoms. The highest BCUT2D eigenvalue weighted by molar-refractivity contribution is 7.54. The van der Waals surface area contributed by atoms with Gasteiger partial charge >= 0.3 is 7.60 Å². The van der Waals surface area contributed by atoms with E-state index >= 15 is 0 Å². The second kappa shape index (κ2) is 6.98. The highest BCUT2D eigenvalue weighted by atomic mass is 31.2. The summed E-state index contributed by atoms with van der Waals surface area (Å²) in [4.78, 5) is 0. The summed E-state index contributed by atoms with van der Waals surface area (Å²) < 4.78 is 22.0. The second-order valence-corrected chi connectivity index (χ2v) is 4.68. The Bertz CT molecular complexity index is 219. The number of nitrogens with zero attached hydrogens (tertiary/aromatic N) is 1. The van der Waals surface area contributed by atoms with Gasteiger partial charge < -0.3 is 14.3 Å². The smallest absolute Gasteiger partial charge is 0.336 e. The number of oxime groups is 1. The van der Waals surface area contributed by atoms with Crippen molar-refractivity contribution in [1.29, 1.82) is 0 Å². The van der Waals surface area contributed by atoms with Gasteiger partial charge in [-0.3, -0.25) is 4.57 Å². The molecule has 14 heavy (non-hydrogen) atoms. The fourth-order valence-corrected chi connectivity index (χ4v) is 2.74. The maximum Gasteiger partial charge on any atom is 0.336 e. The summed E-state index contributed by atoms with van der Waals surface area (Å²) in [7, 11) is -3.10. The van der Waals surface area contributed by atoms with Crippen molar-refractivity contribution >= 4 is 13.3 Å². The number of hydrogen-bond acceptors (Lipinski definition) is 5. The summed E-state index contributed by atoms with van der Waals surface area (Å²) in [5.74, 6) is 0. The van der Waals surface area contributed by atoms with Crippen molar-refractivity contribution in [3.05, 3.63) is 0 Å². The Balaban J connectivity index is 4.42. The van der Waals surface area contributed by atoms with Gasteiger partial charge in [0.15, 0.2) is 0 Å². The normalized spacial score (nSPS) is 13.2. The van der Waals surface area contributed by atoms with E-state index in [2.05, 4.69) is 5.16 Å². The molecular formula is C8H18NO4P. The van der Waals surface area contributed by atoms with Crippen molar-refractivity contribution < 1.29 is 18.8 Å². The van der Waals surface area contributed by atoms with Crippen LogP contribution in [0.5, 0.6) is 0 Å². The van der Waals surface area contributed by atoms with Gasteiger partial charge in [0.05, 0.1) is 25.1 Å². The topological polar surface area (TPSA) is 68.1 Å². The lowest BCUT2D eigenvalue weighted by molar-refractivity contribution is 0.222. The molecule has 0 atom stereocenters. The Labute approximate surface area is 84.6 Å². The Kier molecular flexibility index (Phi) is 6.79. The van der Waals surface area contributed by atoms with Crippen LogP contribution >= 0.6 is 7.60 Å². The van der Waals surface area contributed by atoms with E-state index in [0.29, 0.717) is 25.3 Å². The molecule has 0 aliphatic heterocycles. The molecule has 0 aromatic heterocycles. The van der Waals surface area contributed by atoms with Crippen molar-refractivity contribution in [2.45, 2.75) is 27.2 Å². The van der Waals surface area contributed by atoms with Crippen LogP contribution in [0.25, 0.3) is 0 Å². The maximum absolute atomic E-state index is 11.9. The van der Waals surface area contributed by atoms with Crippen LogP contribution < -0.4 is 0 Å². The Morgan fingerprint density at radius 1 is 1.29 bits per heavy atom. The molecule has 0 aliphatic carbocycles. The molecule has 0 saturated heterocycles. The van der Waals surface area contributed by atoms with Crippen LogP contribution in [0, 0.1) is 0 Å². The standard InChI is InChI=1S/C8H18NO4P/c1-4-8(9-10)7-14(11,12-5-2)13-6-3/h10H,4-7H2,1-3H3/b9-8+. The molecule has 0 aliphatic rings. The van der Waals surface area contributed by atoms with Crippen molar-refractivity contribution in [3.63, 3.8) is 0 Å². The van der Waals surface area contributed by atoms with Crippen molar-refractivity contribution in [3.8, 4) is 0 Å². The molecule has 0 heterocycles. The van der Waals surface area contributed by atoms with E-state index in [-0.39, 0.29) is 6.16 Å². The lowest BCUT2D eigenvalue weighted by Gasteiger charge is -2.16. The highest BCUT2D eigenvalue weighted by Gasteiger charge is 2.25. The third kappa shape index (κ3) is 4.74. The van der Waals surface area contributed by atoms with E-state index in [1.807, 2.05) is 6.92 Å². The summed E-state index contributed by atoms with van der Waals surface area (Å²) in [6, 6.07) is 0. The van der Waals surface area contributed by atoms with Gasteiger partial charge in [-0.1, -0.05) is 12.1 Å². The van der Waals surface area contributed by atoms with Crippen LogP contribution in [0.3, 0.4) is 0 Å². The predicted molar refractivity (Wildman–Crippen MR) is 55.2 cm³/mol. The summed E-state index contributed by atoms with van der Waals surface area (Å²) in [5, 5.41) is 11.6. The monoisotopic (exact) mass is 223 g/mol. The van der Waals surface area contributed by atoms with Crippen molar-refractivity contribution in [2.75, 3.05) is 19.4 Å². The van der Waals surface area contributed by atoms with E-state index in [4.69, 9.17) is 14.3 Å². The largest absolute Gasteiger partial charge is 0.411 e. The van der Waals surface area contributed by atoms with Gasteiger partial charge in [-0.15, -0.1) is 0 Å². The van der Waals surface area contributed by atoms with E-state index in [9.17, 15) is 4.57 Å². The number of hydrogen-bond donors (Lipinski definition) is 1. The number of rotatable bonds is 7. The molecule has 0 rings (SSSR count). The van der Waals surface area contributed by atoms with Gasteiger partial charge in [0.1, 0.15) is 0 Å². The minimum atomic E-state index is -3.10. The first-order chi connectivity index (χ1) is 6.61. The molecule has 0 amide bonds. The Morgan fingerprint density at radius 2 is 1.79 bits per heavy atom. The van der Waals surface area contributed by atoms with Crippen LogP contribution in [-0.4, -0.2) is 30.3 Å². The van der Waals surface area contributed by atoms with Crippen LogP contribution in [0.2, 0.25) is 0 Å². The van der Waals surface area contributed by atoms with E-state index in [1.165, 1.54) is 0 Å². The molecule has 0 radical (unpaired) electrons. The fraction of sp³-hybridized carbons (Fsp3) is 0.875. The summed E-state index contributed by atoms with van der Waals surface area (Å²) >= 11 is 0.